The van der Waals surface area contributed by atoms with Crippen LogP contribution in [0.25, 0.3) is 0 Å². The SMILES string of the molecule is CCOc1cc(NCC2CCC(O)CC2)ccc1N. The maximum Gasteiger partial charge on any atom is 0.144 e. The number of rotatable bonds is 5. The van der Waals surface area contributed by atoms with E-state index in [1.807, 2.05) is 25.1 Å². The van der Waals surface area contributed by atoms with E-state index in [1.54, 1.807) is 0 Å². The lowest BCUT2D eigenvalue weighted by Crippen LogP contribution is -2.23. The maximum atomic E-state index is 9.49. The van der Waals surface area contributed by atoms with Gasteiger partial charge in [0.05, 0.1) is 18.4 Å². The van der Waals surface area contributed by atoms with Gasteiger partial charge in [-0.05, 0) is 50.7 Å². The Morgan fingerprint density at radius 1 is 1.32 bits per heavy atom. The van der Waals surface area contributed by atoms with Gasteiger partial charge in [-0.2, -0.15) is 0 Å². The van der Waals surface area contributed by atoms with Crippen molar-refractivity contribution in [1.29, 1.82) is 0 Å². The fourth-order valence-electron chi connectivity index (χ4n) is 2.54. The maximum absolute atomic E-state index is 9.49. The summed E-state index contributed by atoms with van der Waals surface area (Å²) in [4.78, 5) is 0. The molecule has 1 aliphatic rings. The third-order valence-electron chi connectivity index (χ3n) is 3.72. The van der Waals surface area contributed by atoms with Gasteiger partial charge in [-0.3, -0.25) is 0 Å². The summed E-state index contributed by atoms with van der Waals surface area (Å²) < 4.78 is 5.49. The van der Waals surface area contributed by atoms with Gasteiger partial charge in [0, 0.05) is 18.3 Å². The number of nitrogens with two attached hydrogens (primary N) is 1. The highest BCUT2D eigenvalue weighted by Gasteiger charge is 2.18. The van der Waals surface area contributed by atoms with E-state index in [2.05, 4.69) is 5.32 Å². The van der Waals surface area contributed by atoms with Gasteiger partial charge in [-0.1, -0.05) is 0 Å². The van der Waals surface area contributed by atoms with Gasteiger partial charge in [0.15, 0.2) is 0 Å². The largest absolute Gasteiger partial charge is 0.492 e. The molecule has 0 bridgehead atoms. The van der Waals surface area contributed by atoms with Crippen molar-refractivity contribution < 1.29 is 9.84 Å². The van der Waals surface area contributed by atoms with E-state index < -0.39 is 0 Å². The van der Waals surface area contributed by atoms with E-state index in [0.29, 0.717) is 18.2 Å². The molecule has 0 aromatic heterocycles. The van der Waals surface area contributed by atoms with Crippen molar-refractivity contribution in [3.8, 4) is 5.75 Å². The molecule has 0 saturated heterocycles. The van der Waals surface area contributed by atoms with Gasteiger partial charge in [0.1, 0.15) is 5.75 Å². The molecule has 19 heavy (non-hydrogen) atoms. The highest BCUT2D eigenvalue weighted by atomic mass is 16.5. The quantitative estimate of drug-likeness (QED) is 0.715. The highest BCUT2D eigenvalue weighted by Crippen LogP contribution is 2.27. The van der Waals surface area contributed by atoms with Crippen LogP contribution in [0.15, 0.2) is 18.2 Å². The van der Waals surface area contributed by atoms with Crippen LogP contribution in [0.3, 0.4) is 0 Å². The van der Waals surface area contributed by atoms with Crippen molar-refractivity contribution >= 4 is 11.4 Å². The zero-order chi connectivity index (χ0) is 13.7. The fraction of sp³-hybridized carbons (Fsp3) is 0.600. The van der Waals surface area contributed by atoms with E-state index >= 15 is 0 Å². The number of aliphatic hydroxyl groups excluding tert-OH is 1. The molecular formula is C15H24N2O2. The van der Waals surface area contributed by atoms with Crippen molar-refractivity contribution in [3.63, 3.8) is 0 Å². The summed E-state index contributed by atoms with van der Waals surface area (Å²) in [6.07, 6.45) is 3.97. The molecule has 106 valence electrons. The second-order valence-electron chi connectivity index (χ2n) is 5.24. The molecule has 4 heteroatoms. The Morgan fingerprint density at radius 3 is 2.74 bits per heavy atom. The predicted octanol–water partition coefficient (Wildman–Crippen LogP) is 2.63. The number of hydrogen-bond acceptors (Lipinski definition) is 4. The van der Waals surface area contributed by atoms with E-state index in [1.165, 1.54) is 0 Å². The highest BCUT2D eigenvalue weighted by molar-refractivity contribution is 5.61. The summed E-state index contributed by atoms with van der Waals surface area (Å²) >= 11 is 0. The predicted molar refractivity (Wildman–Crippen MR) is 78.5 cm³/mol. The normalized spacial score (nSPS) is 23.1. The van der Waals surface area contributed by atoms with Crippen LogP contribution in [0, 0.1) is 5.92 Å². The minimum Gasteiger partial charge on any atom is -0.492 e. The van der Waals surface area contributed by atoms with Crippen molar-refractivity contribution in [2.24, 2.45) is 5.92 Å². The molecule has 1 aliphatic carbocycles. The van der Waals surface area contributed by atoms with E-state index in [-0.39, 0.29) is 6.10 Å². The first-order chi connectivity index (χ1) is 9.19. The Hall–Kier alpha value is -1.42. The molecule has 4 nitrogen and oxygen atoms in total. The van der Waals surface area contributed by atoms with Crippen molar-refractivity contribution in [1.82, 2.24) is 0 Å². The number of hydrogen-bond donors (Lipinski definition) is 3. The Bertz CT molecular complexity index is 401. The molecule has 2 rings (SSSR count). The Labute approximate surface area is 115 Å². The molecule has 0 aliphatic heterocycles. The molecule has 0 amide bonds. The summed E-state index contributed by atoms with van der Waals surface area (Å²) in [6.45, 7) is 3.52. The molecule has 0 atom stereocenters. The first kappa shape index (κ1) is 14.0. The lowest BCUT2D eigenvalue weighted by Gasteiger charge is -2.25. The zero-order valence-corrected chi connectivity index (χ0v) is 11.6. The van der Waals surface area contributed by atoms with Crippen molar-refractivity contribution in [3.05, 3.63) is 18.2 Å². The zero-order valence-electron chi connectivity index (χ0n) is 11.6. The van der Waals surface area contributed by atoms with Crippen LogP contribution < -0.4 is 15.8 Å². The lowest BCUT2D eigenvalue weighted by molar-refractivity contribution is 0.111. The summed E-state index contributed by atoms with van der Waals surface area (Å²) in [6, 6.07) is 5.81. The molecule has 0 radical (unpaired) electrons. The molecular weight excluding hydrogens is 240 g/mol. The van der Waals surface area contributed by atoms with E-state index in [4.69, 9.17) is 10.5 Å². The number of anilines is 2. The molecule has 4 N–H and O–H groups in total. The summed E-state index contributed by atoms with van der Waals surface area (Å²) in [5, 5.41) is 12.9. The summed E-state index contributed by atoms with van der Waals surface area (Å²) in [5.41, 5.74) is 7.57. The topological polar surface area (TPSA) is 67.5 Å². The number of nitrogen functional groups attached to an aromatic ring is 1. The molecule has 0 spiro atoms. The standard InChI is InChI=1S/C15H24N2O2/c1-2-19-15-9-12(5-8-14(15)16)17-10-11-3-6-13(18)7-4-11/h5,8-9,11,13,17-18H,2-4,6-7,10,16H2,1H3. The minimum absolute atomic E-state index is 0.0858. The number of ether oxygens (including phenoxy) is 1. The average molecular weight is 264 g/mol. The Kier molecular flexibility index (Phi) is 4.91. The fourth-order valence-corrected chi connectivity index (χ4v) is 2.54. The summed E-state index contributed by atoms with van der Waals surface area (Å²) in [7, 11) is 0. The monoisotopic (exact) mass is 264 g/mol. The molecule has 0 heterocycles. The minimum atomic E-state index is -0.0858. The third-order valence-corrected chi connectivity index (χ3v) is 3.72. The lowest BCUT2D eigenvalue weighted by atomic mass is 9.87. The van der Waals surface area contributed by atoms with E-state index in [0.717, 1.165) is 43.7 Å². The van der Waals surface area contributed by atoms with Crippen LogP contribution in [-0.2, 0) is 0 Å². The van der Waals surface area contributed by atoms with Gasteiger partial charge in [0.25, 0.3) is 0 Å². The van der Waals surface area contributed by atoms with Crippen molar-refractivity contribution in [2.75, 3.05) is 24.2 Å². The molecule has 1 fully saturated rings. The van der Waals surface area contributed by atoms with Gasteiger partial charge in [-0.15, -0.1) is 0 Å². The second kappa shape index (κ2) is 6.66. The average Bonchev–Trinajstić information content (AvgIpc) is 2.42. The van der Waals surface area contributed by atoms with Gasteiger partial charge < -0.3 is 20.9 Å². The third kappa shape index (κ3) is 4.03. The van der Waals surface area contributed by atoms with Gasteiger partial charge in [-0.25, -0.2) is 0 Å². The van der Waals surface area contributed by atoms with E-state index in [9.17, 15) is 5.11 Å². The number of nitrogens with one attached hydrogen (secondary N) is 1. The first-order valence-electron chi connectivity index (χ1n) is 7.13. The Morgan fingerprint density at radius 2 is 2.05 bits per heavy atom. The van der Waals surface area contributed by atoms with Crippen LogP contribution in [0.5, 0.6) is 5.75 Å². The molecule has 1 aromatic rings. The van der Waals surface area contributed by atoms with Crippen molar-refractivity contribution in [2.45, 2.75) is 38.7 Å². The Balaban J connectivity index is 1.87. The van der Waals surface area contributed by atoms with Crippen LogP contribution >= 0.6 is 0 Å². The van der Waals surface area contributed by atoms with Crippen LogP contribution in [0.4, 0.5) is 11.4 Å². The second-order valence-corrected chi connectivity index (χ2v) is 5.24. The number of benzene rings is 1. The first-order valence-corrected chi connectivity index (χ1v) is 7.13. The van der Waals surface area contributed by atoms with Crippen LogP contribution in [0.1, 0.15) is 32.6 Å². The van der Waals surface area contributed by atoms with Gasteiger partial charge in [0.2, 0.25) is 0 Å². The van der Waals surface area contributed by atoms with Crippen LogP contribution in [-0.4, -0.2) is 24.4 Å². The molecule has 1 saturated carbocycles. The van der Waals surface area contributed by atoms with Gasteiger partial charge >= 0.3 is 0 Å². The smallest absolute Gasteiger partial charge is 0.144 e. The number of aliphatic hydroxyl groups is 1. The summed E-state index contributed by atoms with van der Waals surface area (Å²) in [5.74, 6) is 1.39. The molecule has 0 unspecified atom stereocenters. The molecule has 1 aromatic carbocycles. The van der Waals surface area contributed by atoms with Crippen LogP contribution in [0.2, 0.25) is 0 Å².